The molecule has 192 valence electrons. The number of rotatable bonds is 4. The quantitative estimate of drug-likeness (QED) is 0.282. The molecule has 5 aromatic carbocycles. The Hall–Kier alpha value is -4.54. The third-order valence-corrected chi connectivity index (χ3v) is 7.39. The lowest BCUT2D eigenvalue weighted by Crippen LogP contribution is -2.01. The average Bonchev–Trinajstić information content (AvgIpc) is 2.92. The van der Waals surface area contributed by atoms with E-state index in [0.717, 1.165) is 50.2 Å². The van der Waals surface area contributed by atoms with Gasteiger partial charge in [-0.15, -0.1) is 0 Å². The number of fused-ring (bicyclic) bond motifs is 2. The number of aromatic hydroxyl groups is 1. The zero-order valence-electron chi connectivity index (χ0n) is 21.5. The van der Waals surface area contributed by atoms with E-state index in [1.54, 1.807) is 13.2 Å². The van der Waals surface area contributed by atoms with Crippen molar-refractivity contribution in [3.8, 4) is 34.4 Å². The maximum atomic E-state index is 11.3. The molecule has 0 aromatic heterocycles. The number of ether oxygens (including phenoxy) is 2. The van der Waals surface area contributed by atoms with Gasteiger partial charge in [-0.05, 0) is 59.0 Å². The number of phenolic OH excluding ortho intramolecular Hbond substituents is 1. The third-order valence-electron chi connectivity index (χ3n) is 6.27. The number of nitrogens with zero attached hydrogens (tertiary/aromatic N) is 1. The number of nitriles is 1. The Morgan fingerprint density at radius 2 is 1.47 bits per heavy atom. The monoisotopic (exact) mass is 525 g/mol. The van der Waals surface area contributed by atoms with Gasteiger partial charge < -0.3 is 14.6 Å². The summed E-state index contributed by atoms with van der Waals surface area (Å²) in [5.74, 6) is 1.32. The smallest absolute Gasteiger partial charge is 0.179 e. The van der Waals surface area contributed by atoms with Crippen LogP contribution in [0, 0.1) is 18.3 Å². The van der Waals surface area contributed by atoms with Crippen molar-refractivity contribution < 1.29 is 23.0 Å². The summed E-state index contributed by atoms with van der Waals surface area (Å²) in [7, 11) is -0.286. The van der Waals surface area contributed by atoms with Crippen molar-refractivity contribution in [2.75, 3.05) is 20.5 Å². The Morgan fingerprint density at radius 3 is 2.11 bits per heavy atom. The molecule has 0 aliphatic carbocycles. The minimum atomic E-state index is -3.35. The maximum absolute atomic E-state index is 11.3. The van der Waals surface area contributed by atoms with Gasteiger partial charge in [-0.25, -0.2) is 8.42 Å². The third kappa shape index (κ3) is 5.13. The van der Waals surface area contributed by atoms with Gasteiger partial charge in [-0.3, -0.25) is 0 Å². The highest BCUT2D eigenvalue weighted by atomic mass is 32.2. The number of aryl methyl sites for hydroxylation is 1. The predicted molar refractivity (Wildman–Crippen MR) is 151 cm³/mol. The van der Waals surface area contributed by atoms with E-state index < -0.39 is 9.84 Å². The van der Waals surface area contributed by atoms with Crippen molar-refractivity contribution in [1.82, 2.24) is 0 Å². The molecule has 0 amide bonds. The van der Waals surface area contributed by atoms with Gasteiger partial charge in [0.25, 0.3) is 0 Å². The average molecular weight is 526 g/mol. The molecule has 7 heteroatoms. The molecule has 6 nitrogen and oxygen atoms in total. The zero-order chi connectivity index (χ0) is 27.4. The maximum Gasteiger partial charge on any atom is 0.179 e. The minimum Gasteiger partial charge on any atom is -0.507 e. The Balaban J connectivity index is 0.000000206. The highest BCUT2D eigenvalue weighted by Crippen LogP contribution is 2.44. The summed E-state index contributed by atoms with van der Waals surface area (Å²) in [5, 5.41) is 23.5. The molecule has 5 rings (SSSR count). The summed E-state index contributed by atoms with van der Waals surface area (Å²) in [6.07, 6.45) is 1.08. The molecule has 0 aliphatic heterocycles. The van der Waals surface area contributed by atoms with Crippen LogP contribution in [-0.4, -0.2) is 34.0 Å². The number of benzene rings is 5. The van der Waals surface area contributed by atoms with Crippen LogP contribution in [0.5, 0.6) is 17.2 Å². The number of hydrogen-bond acceptors (Lipinski definition) is 6. The lowest BCUT2D eigenvalue weighted by atomic mass is 9.92. The van der Waals surface area contributed by atoms with Crippen molar-refractivity contribution in [3.05, 3.63) is 96.1 Å². The Morgan fingerprint density at radius 1 is 0.816 bits per heavy atom. The second-order valence-corrected chi connectivity index (χ2v) is 10.7. The van der Waals surface area contributed by atoms with E-state index in [9.17, 15) is 13.5 Å². The van der Waals surface area contributed by atoms with Gasteiger partial charge in [0.1, 0.15) is 22.1 Å². The fraction of sp³-hybridized carbons (Fsp3) is 0.129. The molecule has 0 aliphatic rings. The summed E-state index contributed by atoms with van der Waals surface area (Å²) in [5.41, 5.74) is 3.20. The molecule has 0 atom stereocenters. The molecular weight excluding hydrogens is 498 g/mol. The molecule has 38 heavy (non-hydrogen) atoms. The first-order chi connectivity index (χ1) is 18.2. The van der Waals surface area contributed by atoms with Crippen LogP contribution < -0.4 is 9.47 Å². The predicted octanol–water partition coefficient (Wildman–Crippen LogP) is 6.65. The largest absolute Gasteiger partial charge is 0.507 e. The van der Waals surface area contributed by atoms with Crippen LogP contribution in [0.2, 0.25) is 0 Å². The summed E-state index contributed by atoms with van der Waals surface area (Å²) in [6.45, 7) is 2.09. The molecule has 0 fully saturated rings. The van der Waals surface area contributed by atoms with Crippen LogP contribution in [0.1, 0.15) is 11.1 Å². The molecule has 1 N–H and O–H groups in total. The van der Waals surface area contributed by atoms with E-state index >= 15 is 0 Å². The first-order valence-corrected chi connectivity index (χ1v) is 13.6. The standard InChI is InChI=1S/C22H18O2.C9H9NO3S/c1-14-13-19(22(24-2)18-10-6-5-8-16(14)18)21-17-9-4-3-7-15(17)11-12-20(21)23;1-13-8-4-3-7(6-10)5-9(8)14(2,11)12/h3-13,23H,1-2H3;3-5H,1-2H3. The first kappa shape index (κ1) is 26.5. The number of methoxy groups -OCH3 is 2. The molecule has 0 saturated heterocycles. The van der Waals surface area contributed by atoms with Crippen molar-refractivity contribution in [2.24, 2.45) is 0 Å². The molecule has 5 aromatic rings. The van der Waals surface area contributed by atoms with Crippen LogP contribution in [0.3, 0.4) is 0 Å². The van der Waals surface area contributed by atoms with E-state index in [4.69, 9.17) is 14.7 Å². The summed E-state index contributed by atoms with van der Waals surface area (Å²) < 4.78 is 33.2. The van der Waals surface area contributed by atoms with E-state index in [1.165, 1.54) is 25.3 Å². The topological polar surface area (TPSA) is 96.6 Å². The van der Waals surface area contributed by atoms with Crippen molar-refractivity contribution in [2.45, 2.75) is 11.8 Å². The fourth-order valence-electron chi connectivity index (χ4n) is 4.51. The van der Waals surface area contributed by atoms with Gasteiger partial charge in [0, 0.05) is 22.8 Å². The highest BCUT2D eigenvalue weighted by molar-refractivity contribution is 7.90. The van der Waals surface area contributed by atoms with E-state index in [-0.39, 0.29) is 16.4 Å². The SMILES string of the molecule is COc1c(-c2c(O)ccc3ccccc23)cc(C)c2ccccc12.COc1ccc(C#N)cc1S(C)(=O)=O. The van der Waals surface area contributed by atoms with Crippen molar-refractivity contribution >= 4 is 31.4 Å². The Labute approximate surface area is 222 Å². The van der Waals surface area contributed by atoms with Gasteiger partial charge in [0.2, 0.25) is 0 Å². The van der Waals surface area contributed by atoms with Crippen molar-refractivity contribution in [1.29, 1.82) is 5.26 Å². The van der Waals surface area contributed by atoms with E-state index in [1.807, 2.05) is 42.5 Å². The second-order valence-electron chi connectivity index (χ2n) is 8.75. The van der Waals surface area contributed by atoms with Crippen LogP contribution >= 0.6 is 0 Å². The fourth-order valence-corrected chi connectivity index (χ4v) is 5.37. The minimum absolute atomic E-state index is 0.0408. The lowest BCUT2D eigenvalue weighted by Gasteiger charge is -2.17. The van der Waals surface area contributed by atoms with Crippen LogP contribution in [-0.2, 0) is 9.84 Å². The lowest BCUT2D eigenvalue weighted by molar-refractivity contribution is 0.403. The molecule has 0 heterocycles. The molecular formula is C31H27NO5S. The highest BCUT2D eigenvalue weighted by Gasteiger charge is 2.18. The number of phenols is 1. The van der Waals surface area contributed by atoms with E-state index in [2.05, 4.69) is 31.2 Å². The van der Waals surface area contributed by atoms with Crippen LogP contribution in [0.25, 0.3) is 32.7 Å². The van der Waals surface area contributed by atoms with Gasteiger partial charge in [-0.2, -0.15) is 5.26 Å². The van der Waals surface area contributed by atoms with Gasteiger partial charge in [-0.1, -0.05) is 54.6 Å². The number of sulfone groups is 1. The molecule has 0 spiro atoms. The van der Waals surface area contributed by atoms with Gasteiger partial charge in [0.15, 0.2) is 9.84 Å². The van der Waals surface area contributed by atoms with E-state index in [0.29, 0.717) is 5.56 Å². The first-order valence-electron chi connectivity index (χ1n) is 11.7. The molecule has 0 bridgehead atoms. The van der Waals surface area contributed by atoms with Crippen LogP contribution in [0.15, 0.2) is 89.8 Å². The van der Waals surface area contributed by atoms with Crippen LogP contribution in [0.4, 0.5) is 0 Å². The molecule has 0 saturated carbocycles. The summed E-state index contributed by atoms with van der Waals surface area (Å²) in [4.78, 5) is 0.0408. The summed E-state index contributed by atoms with van der Waals surface area (Å²) >= 11 is 0. The molecule has 0 unspecified atom stereocenters. The second kappa shape index (κ2) is 10.8. The normalized spacial score (nSPS) is 10.9. The molecule has 0 radical (unpaired) electrons. The van der Waals surface area contributed by atoms with Crippen molar-refractivity contribution in [3.63, 3.8) is 0 Å². The summed E-state index contributed by atoms with van der Waals surface area (Å²) in [6, 6.07) is 28.2. The van der Waals surface area contributed by atoms with Gasteiger partial charge in [0.05, 0.1) is 25.9 Å². The Kier molecular flexibility index (Phi) is 7.56. The number of hydrogen-bond donors (Lipinski definition) is 1. The Bertz CT molecular complexity index is 1800. The zero-order valence-corrected chi connectivity index (χ0v) is 22.3. The van der Waals surface area contributed by atoms with Gasteiger partial charge >= 0.3 is 0 Å².